The van der Waals surface area contributed by atoms with Crippen LogP contribution < -0.4 is 10.5 Å². The van der Waals surface area contributed by atoms with Gasteiger partial charge in [0, 0.05) is 12.1 Å². The number of nitrogens with two attached hydrogens (primary N) is 1. The van der Waals surface area contributed by atoms with Gasteiger partial charge >= 0.3 is 0 Å². The van der Waals surface area contributed by atoms with E-state index in [1.165, 1.54) is 6.07 Å². The third kappa shape index (κ3) is 5.12. The van der Waals surface area contributed by atoms with Gasteiger partial charge in [0.15, 0.2) is 0 Å². The third-order valence-corrected chi connectivity index (χ3v) is 4.77. The average Bonchev–Trinajstić information content (AvgIpc) is 2.42. The summed E-state index contributed by atoms with van der Waals surface area (Å²) in [6.45, 7) is 6.41. The Kier molecular flexibility index (Phi) is 6.34. The van der Waals surface area contributed by atoms with Crippen molar-refractivity contribution in [2.75, 3.05) is 13.1 Å². The van der Waals surface area contributed by atoms with Crippen molar-refractivity contribution < 1.29 is 12.8 Å². The van der Waals surface area contributed by atoms with Gasteiger partial charge in [-0.2, -0.15) is 0 Å². The molecule has 0 saturated heterocycles. The molecule has 0 aliphatic carbocycles. The van der Waals surface area contributed by atoms with Crippen LogP contribution in [0.15, 0.2) is 23.1 Å². The minimum absolute atomic E-state index is 0.0270. The molecule has 0 bridgehead atoms. The number of nitrogens with one attached hydrogen (secondary N) is 1. The van der Waals surface area contributed by atoms with Crippen LogP contribution in [0, 0.1) is 29.5 Å². The van der Waals surface area contributed by atoms with E-state index < -0.39 is 15.8 Å². The van der Waals surface area contributed by atoms with E-state index in [1.807, 2.05) is 20.8 Å². The van der Waals surface area contributed by atoms with Crippen LogP contribution in [0.25, 0.3) is 0 Å². The molecule has 1 aromatic carbocycles. The molecule has 6 heteroatoms. The Morgan fingerprint density at radius 2 is 2.00 bits per heavy atom. The van der Waals surface area contributed by atoms with Gasteiger partial charge in [-0.25, -0.2) is 17.5 Å². The zero-order valence-electron chi connectivity index (χ0n) is 12.5. The molecule has 0 heterocycles. The maximum Gasteiger partial charge on any atom is 0.241 e. The first-order chi connectivity index (χ1) is 9.77. The SMILES string of the molecule is CC(C)C(C)CNS(=O)(=O)c1ccc(F)cc1C#CCN. The summed E-state index contributed by atoms with van der Waals surface area (Å²) in [6, 6.07) is 3.43. The van der Waals surface area contributed by atoms with Gasteiger partial charge in [-0.05, 0) is 30.0 Å². The summed E-state index contributed by atoms with van der Waals surface area (Å²) in [5.74, 6) is 5.16. The molecule has 1 atom stereocenters. The highest BCUT2D eigenvalue weighted by atomic mass is 32.2. The summed E-state index contributed by atoms with van der Waals surface area (Å²) in [5, 5.41) is 0. The molecule has 0 saturated carbocycles. The van der Waals surface area contributed by atoms with Gasteiger partial charge in [0.25, 0.3) is 0 Å². The lowest BCUT2D eigenvalue weighted by Gasteiger charge is -2.16. The summed E-state index contributed by atoms with van der Waals surface area (Å²) in [6.07, 6.45) is 0. The maximum atomic E-state index is 13.3. The normalized spacial score (nSPS) is 12.9. The molecule has 21 heavy (non-hydrogen) atoms. The molecule has 0 spiro atoms. The Balaban J connectivity index is 3.08. The summed E-state index contributed by atoms with van der Waals surface area (Å²) >= 11 is 0. The topological polar surface area (TPSA) is 72.2 Å². The molecule has 0 aliphatic heterocycles. The van der Waals surface area contributed by atoms with Crippen LogP contribution in [-0.2, 0) is 10.0 Å². The molecule has 116 valence electrons. The van der Waals surface area contributed by atoms with Crippen LogP contribution in [0.5, 0.6) is 0 Å². The van der Waals surface area contributed by atoms with Crippen LogP contribution in [-0.4, -0.2) is 21.5 Å². The predicted octanol–water partition coefficient (Wildman–Crippen LogP) is 1.71. The van der Waals surface area contributed by atoms with Crippen LogP contribution in [0.1, 0.15) is 26.3 Å². The number of rotatable bonds is 5. The number of hydrogen-bond acceptors (Lipinski definition) is 3. The Morgan fingerprint density at radius 1 is 1.33 bits per heavy atom. The number of sulfonamides is 1. The number of benzene rings is 1. The van der Waals surface area contributed by atoms with E-state index in [0.717, 1.165) is 12.1 Å². The molecule has 0 fully saturated rings. The smallest absolute Gasteiger partial charge is 0.241 e. The molecule has 0 aliphatic rings. The Morgan fingerprint density at radius 3 is 2.57 bits per heavy atom. The lowest BCUT2D eigenvalue weighted by molar-refractivity contribution is 0.414. The summed E-state index contributed by atoms with van der Waals surface area (Å²) in [7, 11) is -3.73. The molecule has 3 N–H and O–H groups in total. The van der Waals surface area contributed by atoms with Crippen molar-refractivity contribution in [3.63, 3.8) is 0 Å². The standard InChI is InChI=1S/C15H21FN2O2S/c1-11(2)12(3)10-18-21(19,20)15-7-6-14(16)9-13(15)5-4-8-17/h6-7,9,11-12,18H,8,10,17H2,1-3H3. The van der Waals surface area contributed by atoms with Crippen molar-refractivity contribution in [2.45, 2.75) is 25.7 Å². The zero-order valence-corrected chi connectivity index (χ0v) is 13.3. The van der Waals surface area contributed by atoms with Crippen LogP contribution in [0.4, 0.5) is 4.39 Å². The van der Waals surface area contributed by atoms with E-state index in [2.05, 4.69) is 16.6 Å². The molecule has 0 aromatic heterocycles. The van der Waals surface area contributed by atoms with Crippen molar-refractivity contribution in [3.8, 4) is 11.8 Å². The fourth-order valence-corrected chi connectivity index (χ4v) is 2.82. The van der Waals surface area contributed by atoms with Crippen molar-refractivity contribution in [1.29, 1.82) is 0 Å². The summed E-state index contributed by atoms with van der Waals surface area (Å²) in [4.78, 5) is -0.0270. The van der Waals surface area contributed by atoms with E-state index in [9.17, 15) is 12.8 Å². The molecule has 4 nitrogen and oxygen atoms in total. The molecule has 0 amide bonds. The monoisotopic (exact) mass is 312 g/mol. The summed E-state index contributed by atoms with van der Waals surface area (Å²) in [5.41, 5.74) is 5.39. The third-order valence-electron chi connectivity index (χ3n) is 3.29. The first kappa shape index (κ1) is 17.6. The van der Waals surface area contributed by atoms with Gasteiger partial charge in [-0.1, -0.05) is 32.6 Å². The summed E-state index contributed by atoms with van der Waals surface area (Å²) < 4.78 is 40.5. The average molecular weight is 312 g/mol. The molecular formula is C15H21FN2O2S. The molecule has 1 rings (SSSR count). The second-order valence-electron chi connectivity index (χ2n) is 5.22. The van der Waals surface area contributed by atoms with Gasteiger partial charge in [0.05, 0.1) is 11.4 Å². The van der Waals surface area contributed by atoms with Crippen LogP contribution >= 0.6 is 0 Å². The predicted molar refractivity (Wildman–Crippen MR) is 81.5 cm³/mol. The highest BCUT2D eigenvalue weighted by Gasteiger charge is 2.19. The Labute approximate surface area is 126 Å². The van der Waals surface area contributed by atoms with E-state index >= 15 is 0 Å². The molecular weight excluding hydrogens is 291 g/mol. The second kappa shape index (κ2) is 7.55. The van der Waals surface area contributed by atoms with Crippen molar-refractivity contribution >= 4 is 10.0 Å². The first-order valence-corrected chi connectivity index (χ1v) is 8.24. The highest BCUT2D eigenvalue weighted by molar-refractivity contribution is 7.89. The molecule has 1 aromatic rings. The van der Waals surface area contributed by atoms with E-state index in [1.54, 1.807) is 0 Å². The van der Waals surface area contributed by atoms with Crippen molar-refractivity contribution in [2.24, 2.45) is 17.6 Å². The quantitative estimate of drug-likeness (QED) is 0.813. The Bertz CT molecular complexity index is 645. The van der Waals surface area contributed by atoms with Gasteiger partial charge in [-0.3, -0.25) is 0 Å². The van der Waals surface area contributed by atoms with E-state index in [0.29, 0.717) is 12.5 Å². The maximum absolute atomic E-state index is 13.3. The number of halogens is 1. The minimum Gasteiger partial charge on any atom is -0.320 e. The molecule has 1 unspecified atom stereocenters. The fraction of sp³-hybridized carbons (Fsp3) is 0.467. The largest absolute Gasteiger partial charge is 0.320 e. The number of hydrogen-bond donors (Lipinski definition) is 2. The lowest BCUT2D eigenvalue weighted by Crippen LogP contribution is -2.30. The van der Waals surface area contributed by atoms with Gasteiger partial charge in [0.1, 0.15) is 5.82 Å². The van der Waals surface area contributed by atoms with E-state index in [4.69, 9.17) is 5.73 Å². The van der Waals surface area contributed by atoms with Gasteiger partial charge in [-0.15, -0.1) is 0 Å². The van der Waals surface area contributed by atoms with Gasteiger partial charge < -0.3 is 5.73 Å². The van der Waals surface area contributed by atoms with Gasteiger partial charge in [0.2, 0.25) is 10.0 Å². The first-order valence-electron chi connectivity index (χ1n) is 6.76. The van der Waals surface area contributed by atoms with Crippen LogP contribution in [0.2, 0.25) is 0 Å². The fourth-order valence-electron chi connectivity index (χ4n) is 1.54. The second-order valence-corrected chi connectivity index (χ2v) is 6.95. The zero-order chi connectivity index (χ0) is 16.0. The van der Waals surface area contributed by atoms with Crippen molar-refractivity contribution in [1.82, 2.24) is 4.72 Å². The lowest BCUT2D eigenvalue weighted by atomic mass is 9.99. The Hall–Kier alpha value is -1.42. The minimum atomic E-state index is -3.73. The van der Waals surface area contributed by atoms with Crippen LogP contribution in [0.3, 0.4) is 0 Å². The van der Waals surface area contributed by atoms with Crippen molar-refractivity contribution in [3.05, 3.63) is 29.6 Å². The van der Waals surface area contributed by atoms with E-state index in [-0.39, 0.29) is 22.9 Å². The highest BCUT2D eigenvalue weighted by Crippen LogP contribution is 2.17. The molecule has 0 radical (unpaired) electrons.